The van der Waals surface area contributed by atoms with Crippen molar-refractivity contribution >= 4 is 11.4 Å². The van der Waals surface area contributed by atoms with E-state index in [9.17, 15) is 0 Å². The molecule has 3 fully saturated rings. The van der Waals surface area contributed by atoms with Crippen LogP contribution in [0.15, 0.2) is 9.98 Å². The first-order chi connectivity index (χ1) is 11.4. The zero-order valence-corrected chi connectivity index (χ0v) is 14.8. The van der Waals surface area contributed by atoms with Gasteiger partial charge in [0, 0.05) is 17.8 Å². The zero-order chi connectivity index (χ0) is 15.5. The van der Waals surface area contributed by atoms with Gasteiger partial charge in [-0.1, -0.05) is 57.8 Å². The molecular weight excluding hydrogens is 280 g/mol. The minimum atomic E-state index is 0.309. The van der Waals surface area contributed by atoms with Crippen LogP contribution in [0.3, 0.4) is 0 Å². The molecular formula is C21H34N2. The van der Waals surface area contributed by atoms with E-state index in [0.29, 0.717) is 6.17 Å². The fraction of sp³-hybridized carbons (Fsp3) is 0.905. The first kappa shape index (κ1) is 15.8. The molecule has 2 heteroatoms. The Morgan fingerprint density at radius 1 is 0.478 bits per heavy atom. The molecule has 0 aromatic heterocycles. The number of rotatable bonds is 3. The lowest BCUT2D eigenvalue weighted by molar-refractivity contribution is 0.312. The van der Waals surface area contributed by atoms with E-state index in [1.165, 1.54) is 108 Å². The van der Waals surface area contributed by atoms with Crippen molar-refractivity contribution in [3.63, 3.8) is 0 Å². The summed E-state index contributed by atoms with van der Waals surface area (Å²) < 4.78 is 0. The van der Waals surface area contributed by atoms with Crippen LogP contribution in [-0.4, -0.2) is 17.6 Å². The largest absolute Gasteiger partial charge is 0.261 e. The normalized spacial score (nSPS) is 29.6. The lowest BCUT2D eigenvalue weighted by atomic mass is 9.78. The minimum absolute atomic E-state index is 0.309. The first-order valence-electron chi connectivity index (χ1n) is 10.6. The predicted molar refractivity (Wildman–Crippen MR) is 98.4 cm³/mol. The molecule has 0 N–H and O–H groups in total. The third-order valence-corrected chi connectivity index (χ3v) is 6.86. The van der Waals surface area contributed by atoms with Gasteiger partial charge >= 0.3 is 0 Å². The Morgan fingerprint density at radius 3 is 1.30 bits per heavy atom. The minimum Gasteiger partial charge on any atom is -0.261 e. The molecule has 0 radical (unpaired) electrons. The van der Waals surface area contributed by atoms with Crippen LogP contribution in [0.4, 0.5) is 0 Å². The van der Waals surface area contributed by atoms with Crippen molar-refractivity contribution in [1.82, 2.24) is 0 Å². The number of aliphatic imine (C=N–C) groups is 2. The third kappa shape index (κ3) is 3.56. The summed E-state index contributed by atoms with van der Waals surface area (Å²) in [5.74, 6) is 2.25. The Bertz CT molecular complexity index is 412. The molecule has 0 atom stereocenters. The smallest absolute Gasteiger partial charge is 0.143 e. The van der Waals surface area contributed by atoms with Gasteiger partial charge in [-0.15, -0.1) is 0 Å². The van der Waals surface area contributed by atoms with Crippen molar-refractivity contribution in [3.8, 4) is 0 Å². The second-order valence-corrected chi connectivity index (χ2v) is 8.51. The molecule has 3 aliphatic carbocycles. The maximum atomic E-state index is 5.30. The van der Waals surface area contributed by atoms with Gasteiger partial charge in [0.25, 0.3) is 0 Å². The molecule has 0 aromatic rings. The molecule has 128 valence electrons. The number of hydrogen-bond donors (Lipinski definition) is 0. The van der Waals surface area contributed by atoms with E-state index >= 15 is 0 Å². The average molecular weight is 315 g/mol. The summed E-state index contributed by atoms with van der Waals surface area (Å²) in [6, 6.07) is 0. The third-order valence-electron chi connectivity index (χ3n) is 6.86. The first-order valence-corrected chi connectivity index (χ1v) is 10.6. The molecule has 1 heterocycles. The van der Waals surface area contributed by atoms with Crippen LogP contribution in [0.5, 0.6) is 0 Å². The summed E-state index contributed by atoms with van der Waals surface area (Å²) in [7, 11) is 0. The molecule has 0 amide bonds. The summed E-state index contributed by atoms with van der Waals surface area (Å²) in [5.41, 5.74) is 2.99. The summed E-state index contributed by atoms with van der Waals surface area (Å²) in [5, 5.41) is 0. The SMILES string of the molecule is C1CCC(C2=NC(C3CCCCC3)N=C2C2CCCCC2)CC1. The Balaban J connectivity index is 1.55. The van der Waals surface area contributed by atoms with Gasteiger partial charge < -0.3 is 0 Å². The van der Waals surface area contributed by atoms with E-state index in [1.54, 1.807) is 0 Å². The monoisotopic (exact) mass is 314 g/mol. The van der Waals surface area contributed by atoms with E-state index < -0.39 is 0 Å². The molecule has 0 spiro atoms. The van der Waals surface area contributed by atoms with Crippen LogP contribution in [0.2, 0.25) is 0 Å². The van der Waals surface area contributed by atoms with Crippen molar-refractivity contribution in [3.05, 3.63) is 0 Å². The molecule has 0 saturated heterocycles. The van der Waals surface area contributed by atoms with Gasteiger partial charge in [-0.25, -0.2) is 0 Å². The molecule has 4 rings (SSSR count). The van der Waals surface area contributed by atoms with Crippen molar-refractivity contribution < 1.29 is 0 Å². The highest BCUT2D eigenvalue weighted by Crippen LogP contribution is 2.37. The fourth-order valence-corrected chi connectivity index (χ4v) is 5.47. The molecule has 0 aromatic carbocycles. The van der Waals surface area contributed by atoms with Gasteiger partial charge in [-0.05, 0) is 38.5 Å². The Labute approximate surface area is 142 Å². The van der Waals surface area contributed by atoms with Crippen molar-refractivity contribution in [1.29, 1.82) is 0 Å². The number of hydrogen-bond acceptors (Lipinski definition) is 2. The second-order valence-electron chi connectivity index (χ2n) is 8.51. The molecule has 23 heavy (non-hydrogen) atoms. The highest BCUT2D eigenvalue weighted by molar-refractivity contribution is 6.44. The van der Waals surface area contributed by atoms with Gasteiger partial charge in [-0.2, -0.15) is 0 Å². The average Bonchev–Trinajstić information content (AvgIpc) is 3.09. The Hall–Kier alpha value is -0.660. The molecule has 2 nitrogen and oxygen atoms in total. The van der Waals surface area contributed by atoms with Crippen LogP contribution in [0.25, 0.3) is 0 Å². The fourth-order valence-electron chi connectivity index (χ4n) is 5.47. The quantitative estimate of drug-likeness (QED) is 0.615. The molecule has 4 aliphatic rings. The zero-order valence-electron chi connectivity index (χ0n) is 14.8. The predicted octanol–water partition coefficient (Wildman–Crippen LogP) is 5.95. The highest BCUT2D eigenvalue weighted by atomic mass is 15.1. The van der Waals surface area contributed by atoms with Crippen molar-refractivity contribution in [2.45, 2.75) is 102 Å². The molecule has 0 unspecified atom stereocenters. The highest BCUT2D eigenvalue weighted by Gasteiger charge is 2.36. The van der Waals surface area contributed by atoms with Crippen LogP contribution in [0, 0.1) is 17.8 Å². The van der Waals surface area contributed by atoms with Gasteiger partial charge in [0.2, 0.25) is 0 Å². The Kier molecular flexibility index (Phi) is 5.16. The second kappa shape index (κ2) is 7.49. The van der Waals surface area contributed by atoms with Gasteiger partial charge in [0.15, 0.2) is 0 Å². The Morgan fingerprint density at radius 2 is 0.870 bits per heavy atom. The lowest BCUT2D eigenvalue weighted by Crippen LogP contribution is -2.30. The molecule has 0 bridgehead atoms. The summed E-state index contributed by atoms with van der Waals surface area (Å²) in [4.78, 5) is 10.6. The standard InChI is InChI=1S/C21H34N2/c1-4-10-16(11-5-1)19-20(17-12-6-2-7-13-17)23-21(22-19)18-14-8-3-9-15-18/h16-18,21H,1-15H2. The van der Waals surface area contributed by atoms with E-state index in [1.807, 2.05) is 0 Å². The van der Waals surface area contributed by atoms with Gasteiger partial charge in [-0.3, -0.25) is 9.98 Å². The maximum Gasteiger partial charge on any atom is 0.143 e. The molecule has 1 aliphatic heterocycles. The van der Waals surface area contributed by atoms with Crippen molar-refractivity contribution in [2.75, 3.05) is 0 Å². The number of nitrogens with zero attached hydrogens (tertiary/aromatic N) is 2. The summed E-state index contributed by atoms with van der Waals surface area (Å²) in [6.45, 7) is 0. The summed E-state index contributed by atoms with van der Waals surface area (Å²) >= 11 is 0. The van der Waals surface area contributed by atoms with E-state index in [-0.39, 0.29) is 0 Å². The van der Waals surface area contributed by atoms with Gasteiger partial charge in [0.05, 0.1) is 11.4 Å². The molecule has 3 saturated carbocycles. The van der Waals surface area contributed by atoms with Crippen LogP contribution >= 0.6 is 0 Å². The van der Waals surface area contributed by atoms with Gasteiger partial charge in [0.1, 0.15) is 6.17 Å². The van der Waals surface area contributed by atoms with E-state index in [4.69, 9.17) is 9.98 Å². The maximum absolute atomic E-state index is 5.30. The van der Waals surface area contributed by atoms with E-state index in [2.05, 4.69) is 0 Å². The van der Waals surface area contributed by atoms with Crippen LogP contribution < -0.4 is 0 Å². The van der Waals surface area contributed by atoms with Crippen molar-refractivity contribution in [2.24, 2.45) is 27.7 Å². The van der Waals surface area contributed by atoms with E-state index in [0.717, 1.165) is 17.8 Å². The topological polar surface area (TPSA) is 24.7 Å². The van der Waals surface area contributed by atoms with Crippen LogP contribution in [0.1, 0.15) is 96.3 Å². The summed E-state index contributed by atoms with van der Waals surface area (Å²) in [6.07, 6.45) is 21.3. The lowest BCUT2D eigenvalue weighted by Gasteiger charge is -2.27. The van der Waals surface area contributed by atoms with Crippen LogP contribution in [-0.2, 0) is 0 Å².